The second kappa shape index (κ2) is 5.07. The predicted octanol–water partition coefficient (Wildman–Crippen LogP) is 4.00. The Bertz CT molecular complexity index is 641. The number of halogens is 3. The molecule has 0 aliphatic carbocycles. The van der Waals surface area contributed by atoms with Crippen LogP contribution in [0.25, 0.3) is 0 Å². The Morgan fingerprint density at radius 1 is 0.950 bits per heavy atom. The molecule has 0 saturated carbocycles. The first-order chi connectivity index (χ1) is 9.29. The molecule has 0 aliphatic rings. The zero-order chi connectivity index (χ0) is 14.9. The second-order valence-corrected chi connectivity index (χ2v) is 4.93. The van der Waals surface area contributed by atoms with Crippen LogP contribution in [0, 0.1) is 17.5 Å². The monoisotopic (exact) mass is 281 g/mol. The van der Waals surface area contributed by atoms with E-state index in [9.17, 15) is 13.2 Å². The standard InChI is InChI=1S/C15H14F3NO/c1-15(2,11-5-3-9(16)7-12(11)17)20-14-6-4-10(19)8-13(14)18/h3-8H,19H2,1-2H3. The Balaban J connectivity index is 2.35. The van der Waals surface area contributed by atoms with Crippen molar-refractivity contribution in [3.63, 3.8) is 0 Å². The first-order valence-corrected chi connectivity index (χ1v) is 5.99. The lowest BCUT2D eigenvalue weighted by molar-refractivity contribution is 0.0983. The van der Waals surface area contributed by atoms with Crippen molar-refractivity contribution < 1.29 is 17.9 Å². The molecule has 0 aliphatic heterocycles. The van der Waals surface area contributed by atoms with Crippen LogP contribution in [0.2, 0.25) is 0 Å². The molecule has 20 heavy (non-hydrogen) atoms. The molecule has 2 aromatic carbocycles. The van der Waals surface area contributed by atoms with E-state index in [1.165, 1.54) is 18.2 Å². The lowest BCUT2D eigenvalue weighted by Crippen LogP contribution is -2.27. The van der Waals surface area contributed by atoms with Gasteiger partial charge in [-0.3, -0.25) is 0 Å². The molecular formula is C15H14F3NO. The van der Waals surface area contributed by atoms with Crippen LogP contribution < -0.4 is 10.5 Å². The molecule has 0 saturated heterocycles. The number of nitrogen functional groups attached to an aromatic ring is 1. The lowest BCUT2D eigenvalue weighted by Gasteiger charge is -2.27. The molecule has 0 aromatic heterocycles. The number of anilines is 1. The molecule has 0 bridgehead atoms. The highest BCUT2D eigenvalue weighted by molar-refractivity contribution is 5.43. The molecule has 0 fully saturated rings. The number of benzene rings is 2. The second-order valence-electron chi connectivity index (χ2n) is 4.93. The van der Waals surface area contributed by atoms with Crippen LogP contribution in [0.1, 0.15) is 19.4 Å². The van der Waals surface area contributed by atoms with E-state index in [4.69, 9.17) is 10.5 Å². The van der Waals surface area contributed by atoms with Crippen molar-refractivity contribution in [1.29, 1.82) is 0 Å². The van der Waals surface area contributed by atoms with Crippen molar-refractivity contribution in [2.75, 3.05) is 5.73 Å². The van der Waals surface area contributed by atoms with Crippen LogP contribution in [-0.4, -0.2) is 0 Å². The summed E-state index contributed by atoms with van der Waals surface area (Å²) in [5, 5.41) is 0. The van der Waals surface area contributed by atoms with Crippen molar-refractivity contribution >= 4 is 5.69 Å². The molecule has 2 N–H and O–H groups in total. The van der Waals surface area contributed by atoms with Gasteiger partial charge in [-0.25, -0.2) is 13.2 Å². The Morgan fingerprint density at radius 2 is 1.65 bits per heavy atom. The molecule has 0 radical (unpaired) electrons. The van der Waals surface area contributed by atoms with Crippen LogP contribution in [0.15, 0.2) is 36.4 Å². The van der Waals surface area contributed by atoms with E-state index < -0.39 is 23.1 Å². The zero-order valence-corrected chi connectivity index (χ0v) is 11.1. The maximum absolute atomic E-state index is 13.8. The fraction of sp³-hybridized carbons (Fsp3) is 0.200. The van der Waals surface area contributed by atoms with Crippen LogP contribution in [0.3, 0.4) is 0 Å². The minimum atomic E-state index is -1.16. The van der Waals surface area contributed by atoms with Crippen LogP contribution in [-0.2, 0) is 5.60 Å². The number of nitrogens with two attached hydrogens (primary N) is 1. The molecule has 0 unspecified atom stereocenters. The van der Waals surface area contributed by atoms with Crippen molar-refractivity contribution in [2.45, 2.75) is 19.4 Å². The van der Waals surface area contributed by atoms with E-state index in [-0.39, 0.29) is 17.0 Å². The van der Waals surface area contributed by atoms with Crippen molar-refractivity contribution in [3.8, 4) is 5.75 Å². The Hall–Kier alpha value is -2.17. The van der Waals surface area contributed by atoms with Crippen LogP contribution >= 0.6 is 0 Å². The third kappa shape index (κ3) is 2.87. The molecule has 2 nitrogen and oxygen atoms in total. The summed E-state index contributed by atoms with van der Waals surface area (Å²) >= 11 is 0. The summed E-state index contributed by atoms with van der Waals surface area (Å²) in [6.45, 7) is 3.14. The van der Waals surface area contributed by atoms with E-state index in [0.717, 1.165) is 18.2 Å². The Morgan fingerprint density at radius 3 is 2.25 bits per heavy atom. The molecule has 5 heteroatoms. The lowest BCUT2D eigenvalue weighted by atomic mass is 9.97. The van der Waals surface area contributed by atoms with Crippen LogP contribution in [0.4, 0.5) is 18.9 Å². The first-order valence-electron chi connectivity index (χ1n) is 5.99. The molecule has 106 valence electrons. The minimum Gasteiger partial charge on any atom is -0.480 e. The van der Waals surface area contributed by atoms with Gasteiger partial charge in [-0.2, -0.15) is 0 Å². The maximum Gasteiger partial charge on any atom is 0.167 e. The molecule has 0 amide bonds. The van der Waals surface area contributed by atoms with Gasteiger partial charge in [-0.05, 0) is 38.1 Å². The highest BCUT2D eigenvalue weighted by Crippen LogP contribution is 2.31. The fourth-order valence-corrected chi connectivity index (χ4v) is 1.91. The van der Waals surface area contributed by atoms with Crippen LogP contribution in [0.5, 0.6) is 5.75 Å². The molecule has 2 aromatic rings. The van der Waals surface area contributed by atoms with Crippen molar-refractivity contribution in [3.05, 3.63) is 59.4 Å². The van der Waals surface area contributed by atoms with Gasteiger partial charge in [-0.1, -0.05) is 0 Å². The predicted molar refractivity (Wildman–Crippen MR) is 70.8 cm³/mol. The third-order valence-corrected chi connectivity index (χ3v) is 2.90. The van der Waals surface area contributed by atoms with Gasteiger partial charge < -0.3 is 10.5 Å². The quantitative estimate of drug-likeness (QED) is 0.863. The highest BCUT2D eigenvalue weighted by atomic mass is 19.1. The Labute approximate surface area is 115 Å². The molecule has 0 spiro atoms. The summed E-state index contributed by atoms with van der Waals surface area (Å²) < 4.78 is 45.9. The third-order valence-electron chi connectivity index (χ3n) is 2.90. The van der Waals surface area contributed by atoms with Gasteiger partial charge in [0.15, 0.2) is 11.6 Å². The van der Waals surface area contributed by atoms with Gasteiger partial charge in [0.05, 0.1) is 0 Å². The highest BCUT2D eigenvalue weighted by Gasteiger charge is 2.27. The van der Waals surface area contributed by atoms with E-state index in [0.29, 0.717) is 0 Å². The fourth-order valence-electron chi connectivity index (χ4n) is 1.91. The smallest absolute Gasteiger partial charge is 0.167 e. The van der Waals surface area contributed by atoms with Gasteiger partial charge in [0.25, 0.3) is 0 Å². The summed E-state index contributed by atoms with van der Waals surface area (Å²) in [5.41, 5.74) is 4.69. The maximum atomic E-state index is 13.8. The van der Waals surface area contributed by atoms with Gasteiger partial charge in [0.2, 0.25) is 0 Å². The normalized spacial score (nSPS) is 11.4. The summed E-state index contributed by atoms with van der Waals surface area (Å²) in [5.74, 6) is -2.11. The molecule has 2 rings (SSSR count). The minimum absolute atomic E-state index is 0.0482. The van der Waals surface area contributed by atoms with Crippen molar-refractivity contribution in [1.82, 2.24) is 0 Å². The number of ether oxygens (including phenoxy) is 1. The molecule has 0 atom stereocenters. The van der Waals surface area contributed by atoms with E-state index in [1.54, 1.807) is 13.8 Å². The van der Waals surface area contributed by atoms with E-state index >= 15 is 0 Å². The van der Waals surface area contributed by atoms with E-state index in [2.05, 4.69) is 0 Å². The summed E-state index contributed by atoms with van der Waals surface area (Å²) in [7, 11) is 0. The average molecular weight is 281 g/mol. The zero-order valence-electron chi connectivity index (χ0n) is 11.1. The molecule has 0 heterocycles. The molecular weight excluding hydrogens is 267 g/mol. The van der Waals surface area contributed by atoms with Crippen molar-refractivity contribution in [2.24, 2.45) is 0 Å². The Kier molecular flexibility index (Phi) is 3.61. The summed E-state index contributed by atoms with van der Waals surface area (Å²) in [6.07, 6.45) is 0. The summed E-state index contributed by atoms with van der Waals surface area (Å²) in [4.78, 5) is 0. The number of hydrogen-bond donors (Lipinski definition) is 1. The van der Waals surface area contributed by atoms with Gasteiger partial charge in [-0.15, -0.1) is 0 Å². The number of hydrogen-bond acceptors (Lipinski definition) is 2. The summed E-state index contributed by atoms with van der Waals surface area (Å²) in [6, 6.07) is 7.14. The van der Waals surface area contributed by atoms with Gasteiger partial charge >= 0.3 is 0 Å². The average Bonchev–Trinajstić information content (AvgIpc) is 2.32. The number of rotatable bonds is 3. The first kappa shape index (κ1) is 14.2. The SMILES string of the molecule is CC(C)(Oc1ccc(N)cc1F)c1ccc(F)cc1F. The van der Waals surface area contributed by atoms with Gasteiger partial charge in [0, 0.05) is 23.4 Å². The van der Waals surface area contributed by atoms with Gasteiger partial charge in [0.1, 0.15) is 17.2 Å². The van der Waals surface area contributed by atoms with E-state index in [1.807, 2.05) is 0 Å². The largest absolute Gasteiger partial charge is 0.480 e. The topological polar surface area (TPSA) is 35.2 Å².